The molecular weight excluding hydrogens is 318 g/mol. The summed E-state index contributed by atoms with van der Waals surface area (Å²) in [5, 5.41) is 12.0. The first kappa shape index (κ1) is 13.2. The second kappa shape index (κ2) is 4.79. The summed E-state index contributed by atoms with van der Waals surface area (Å²) in [6.45, 7) is 1.96. The van der Waals surface area contributed by atoms with Crippen molar-refractivity contribution >= 4 is 38.8 Å². The molecule has 22 heavy (non-hydrogen) atoms. The summed E-state index contributed by atoms with van der Waals surface area (Å²) in [6.07, 6.45) is 0. The number of H-pyrrole nitrogens is 1. The number of aromatic nitrogens is 4. The second-order valence-corrected chi connectivity index (χ2v) is 6.19. The smallest absolute Gasteiger partial charge is 0.284 e. The molecule has 0 radical (unpaired) electrons. The number of aryl methyl sites for hydroxylation is 1. The molecule has 0 bridgehead atoms. The number of rotatable bonds is 2. The largest absolute Gasteiger partial charge is 0.409 e. The van der Waals surface area contributed by atoms with Crippen molar-refractivity contribution in [3.8, 4) is 17.1 Å². The molecule has 0 unspecified atom stereocenters. The first-order valence-electron chi connectivity index (χ1n) is 6.54. The lowest BCUT2D eigenvalue weighted by molar-refractivity contribution is 0.552. The molecule has 0 atom stereocenters. The highest BCUT2D eigenvalue weighted by atomic mass is 32.1. The van der Waals surface area contributed by atoms with Crippen LogP contribution in [0, 0.1) is 11.8 Å². The number of anilines is 1. The molecule has 8 heteroatoms. The zero-order chi connectivity index (χ0) is 15.3. The van der Waals surface area contributed by atoms with E-state index < -0.39 is 0 Å². The molecule has 4 rings (SSSR count). The molecule has 4 aromatic rings. The van der Waals surface area contributed by atoms with Crippen molar-refractivity contribution in [3.63, 3.8) is 0 Å². The van der Waals surface area contributed by atoms with Gasteiger partial charge in [0.15, 0.2) is 0 Å². The van der Waals surface area contributed by atoms with Gasteiger partial charge in [0.2, 0.25) is 0 Å². The lowest BCUT2D eigenvalue weighted by Crippen LogP contribution is -1.98. The average Bonchev–Trinajstić information content (AvgIpc) is 3.16. The Morgan fingerprint density at radius 2 is 2.09 bits per heavy atom. The number of thiophene rings is 1. The molecule has 0 aliphatic carbocycles. The van der Waals surface area contributed by atoms with Gasteiger partial charge in [0, 0.05) is 0 Å². The van der Waals surface area contributed by atoms with Crippen molar-refractivity contribution in [2.24, 2.45) is 0 Å². The van der Waals surface area contributed by atoms with Crippen molar-refractivity contribution in [3.05, 3.63) is 40.9 Å². The van der Waals surface area contributed by atoms with E-state index >= 15 is 0 Å². The van der Waals surface area contributed by atoms with Crippen LogP contribution in [0.5, 0.6) is 0 Å². The van der Waals surface area contributed by atoms with E-state index in [0.29, 0.717) is 10.9 Å². The van der Waals surface area contributed by atoms with Crippen LogP contribution in [-0.2, 0) is 0 Å². The van der Waals surface area contributed by atoms with Crippen LogP contribution in [0.2, 0.25) is 0 Å². The minimum Gasteiger partial charge on any atom is -0.409 e. The number of nitrogens with zero attached hydrogens (tertiary/aromatic N) is 3. The lowest BCUT2D eigenvalue weighted by Gasteiger charge is -2.03. The Morgan fingerprint density at radius 1 is 1.32 bits per heavy atom. The third-order valence-electron chi connectivity index (χ3n) is 3.35. The fourth-order valence-corrected chi connectivity index (χ4v) is 3.54. The number of hydrogen-bond acceptors (Lipinski definition) is 6. The minimum atomic E-state index is 0.219. The molecule has 3 N–H and O–H groups in total. The number of fused-ring (bicyclic) bond motifs is 1. The Hall–Kier alpha value is -2.45. The van der Waals surface area contributed by atoms with Gasteiger partial charge in [-0.2, -0.15) is 5.10 Å². The first-order valence-corrected chi connectivity index (χ1v) is 7.76. The van der Waals surface area contributed by atoms with Crippen LogP contribution in [-0.4, -0.2) is 20.0 Å². The van der Waals surface area contributed by atoms with Crippen LogP contribution in [0.4, 0.5) is 5.00 Å². The number of nitrogen functional groups attached to an aromatic ring is 1. The van der Waals surface area contributed by atoms with Crippen molar-refractivity contribution in [1.82, 2.24) is 20.0 Å². The number of nitrogens with one attached hydrogen (secondary N) is 1. The molecule has 0 fully saturated rings. The molecule has 3 heterocycles. The van der Waals surface area contributed by atoms with Gasteiger partial charge in [0.1, 0.15) is 10.5 Å². The highest BCUT2D eigenvalue weighted by molar-refractivity contribution is 7.71. The minimum absolute atomic E-state index is 0.219. The molecule has 1 aromatic carbocycles. The summed E-state index contributed by atoms with van der Waals surface area (Å²) >= 11 is 6.43. The highest BCUT2D eigenvalue weighted by Gasteiger charge is 2.23. The van der Waals surface area contributed by atoms with Gasteiger partial charge in [-0.05, 0) is 31.3 Å². The maximum Gasteiger partial charge on any atom is 0.284 e. The Bertz CT molecular complexity index is 1020. The zero-order valence-electron chi connectivity index (χ0n) is 11.5. The van der Waals surface area contributed by atoms with Gasteiger partial charge in [-0.25, -0.2) is 9.78 Å². The normalized spacial score (nSPS) is 11.3. The fourth-order valence-electron chi connectivity index (χ4n) is 2.43. The van der Waals surface area contributed by atoms with Gasteiger partial charge in [0.25, 0.3) is 10.7 Å². The monoisotopic (exact) mass is 329 g/mol. The standard InChI is InChI=1S/C14H11N5OS2/c1-7-11-10(19(18-7)8-5-3-2-4-6-8)9(12(15)22-11)13-16-17-14(21)20-13/h2-6H,15H2,1H3,(H,17,21). The zero-order valence-corrected chi connectivity index (χ0v) is 13.2. The number of aromatic amines is 1. The van der Waals surface area contributed by atoms with Gasteiger partial charge < -0.3 is 10.2 Å². The Morgan fingerprint density at radius 3 is 2.77 bits per heavy atom. The van der Waals surface area contributed by atoms with Crippen LogP contribution in [0.3, 0.4) is 0 Å². The molecule has 0 aliphatic heterocycles. The van der Waals surface area contributed by atoms with E-state index in [2.05, 4.69) is 15.3 Å². The van der Waals surface area contributed by atoms with Crippen molar-refractivity contribution < 1.29 is 4.42 Å². The molecule has 0 saturated heterocycles. The Kier molecular flexibility index (Phi) is 2.88. The van der Waals surface area contributed by atoms with E-state index in [-0.39, 0.29) is 4.84 Å². The fraction of sp³-hybridized carbons (Fsp3) is 0.0714. The summed E-state index contributed by atoms with van der Waals surface area (Å²) in [7, 11) is 0. The number of para-hydroxylation sites is 1. The number of hydrogen-bond donors (Lipinski definition) is 2. The lowest BCUT2D eigenvalue weighted by atomic mass is 10.2. The van der Waals surface area contributed by atoms with Gasteiger partial charge in [-0.3, -0.25) is 0 Å². The Balaban J connectivity index is 2.09. The van der Waals surface area contributed by atoms with Crippen LogP contribution in [0.15, 0.2) is 34.7 Å². The van der Waals surface area contributed by atoms with E-state index in [1.807, 2.05) is 41.9 Å². The maximum absolute atomic E-state index is 6.18. The maximum atomic E-state index is 6.18. The van der Waals surface area contributed by atoms with E-state index in [0.717, 1.165) is 27.2 Å². The van der Waals surface area contributed by atoms with Crippen molar-refractivity contribution in [2.75, 3.05) is 5.73 Å². The predicted octanol–water partition coefficient (Wildman–Crippen LogP) is 3.69. The van der Waals surface area contributed by atoms with Crippen LogP contribution < -0.4 is 5.73 Å². The third-order valence-corrected chi connectivity index (χ3v) is 4.64. The molecule has 0 saturated carbocycles. The van der Waals surface area contributed by atoms with E-state index in [4.69, 9.17) is 22.4 Å². The van der Waals surface area contributed by atoms with Crippen molar-refractivity contribution in [1.29, 1.82) is 0 Å². The molecule has 0 aliphatic rings. The summed E-state index contributed by atoms with van der Waals surface area (Å²) in [4.78, 5) is 0.219. The van der Waals surface area contributed by atoms with Gasteiger partial charge in [0.05, 0.1) is 21.6 Å². The molecule has 6 nitrogen and oxygen atoms in total. The van der Waals surface area contributed by atoms with E-state index in [1.165, 1.54) is 11.3 Å². The van der Waals surface area contributed by atoms with E-state index in [1.54, 1.807) is 0 Å². The van der Waals surface area contributed by atoms with Gasteiger partial charge >= 0.3 is 0 Å². The molecular formula is C14H11N5OS2. The molecule has 110 valence electrons. The quantitative estimate of drug-likeness (QED) is 0.548. The van der Waals surface area contributed by atoms with Crippen LogP contribution in [0.1, 0.15) is 5.69 Å². The predicted molar refractivity (Wildman–Crippen MR) is 88.8 cm³/mol. The Labute approximate surface area is 134 Å². The molecule has 0 spiro atoms. The second-order valence-electron chi connectivity index (χ2n) is 4.77. The summed E-state index contributed by atoms with van der Waals surface area (Å²) in [6, 6.07) is 9.88. The first-order chi connectivity index (χ1) is 10.6. The van der Waals surface area contributed by atoms with E-state index in [9.17, 15) is 0 Å². The molecule has 3 aromatic heterocycles. The highest BCUT2D eigenvalue weighted by Crippen LogP contribution is 2.42. The van der Waals surface area contributed by atoms with Gasteiger partial charge in [-0.15, -0.1) is 16.4 Å². The molecule has 0 amide bonds. The summed E-state index contributed by atoms with van der Waals surface area (Å²) in [5.74, 6) is 0.380. The SMILES string of the molecule is Cc1nn(-c2ccccc2)c2c(-c3n[nH]c(=S)o3)c(N)sc12. The summed E-state index contributed by atoms with van der Waals surface area (Å²) in [5.41, 5.74) is 9.65. The van der Waals surface area contributed by atoms with Crippen LogP contribution >= 0.6 is 23.6 Å². The average molecular weight is 329 g/mol. The summed E-state index contributed by atoms with van der Waals surface area (Å²) < 4.78 is 8.33. The topological polar surface area (TPSA) is 85.7 Å². The van der Waals surface area contributed by atoms with Crippen LogP contribution in [0.25, 0.3) is 27.4 Å². The van der Waals surface area contributed by atoms with Gasteiger partial charge in [-0.1, -0.05) is 18.2 Å². The number of nitrogens with two attached hydrogens (primary N) is 1. The third kappa shape index (κ3) is 1.88. The number of benzene rings is 1. The van der Waals surface area contributed by atoms with Crippen molar-refractivity contribution in [2.45, 2.75) is 6.92 Å².